The van der Waals surface area contributed by atoms with E-state index in [-0.39, 0.29) is 30.4 Å². The number of methoxy groups -OCH3 is 1. The summed E-state index contributed by atoms with van der Waals surface area (Å²) in [6.07, 6.45) is 0.681. The first-order valence-corrected chi connectivity index (χ1v) is 10.2. The molecule has 0 aliphatic carbocycles. The van der Waals surface area contributed by atoms with Gasteiger partial charge in [-0.2, -0.15) is 0 Å². The van der Waals surface area contributed by atoms with E-state index < -0.39 is 11.6 Å². The second kappa shape index (κ2) is 11.2. The number of ether oxygens (including phenoxy) is 2. The number of amides is 1. The molecule has 0 spiro atoms. The van der Waals surface area contributed by atoms with Crippen LogP contribution in [0.25, 0.3) is 10.2 Å². The third-order valence-electron chi connectivity index (χ3n) is 4.34. The fraction of sp³-hybridized carbons (Fsp3) is 0.333. The predicted octanol–water partition coefficient (Wildman–Crippen LogP) is 4.37. The summed E-state index contributed by atoms with van der Waals surface area (Å²) in [5, 5.41) is 0.307. The molecular weight excluding hydrogens is 448 g/mol. The first-order chi connectivity index (χ1) is 14.4. The van der Waals surface area contributed by atoms with Gasteiger partial charge in [-0.15, -0.1) is 12.4 Å². The molecule has 0 unspecified atom stereocenters. The number of anilines is 1. The molecule has 0 N–H and O–H groups in total. The van der Waals surface area contributed by atoms with Gasteiger partial charge in [-0.25, -0.2) is 13.8 Å². The number of thiazole rings is 1. The smallest absolute Gasteiger partial charge is 0.266 e. The van der Waals surface area contributed by atoms with Crippen LogP contribution in [0, 0.1) is 11.6 Å². The Kier molecular flexibility index (Phi) is 8.97. The molecule has 0 radical (unpaired) electrons. The Balaban J connectivity index is 0.00000341. The van der Waals surface area contributed by atoms with Crippen molar-refractivity contribution in [2.75, 3.05) is 45.8 Å². The molecule has 0 bridgehead atoms. The minimum absolute atomic E-state index is 0. The predicted molar refractivity (Wildman–Crippen MR) is 121 cm³/mol. The summed E-state index contributed by atoms with van der Waals surface area (Å²) in [6.45, 7) is 0.885. The summed E-state index contributed by atoms with van der Waals surface area (Å²) in [7, 11) is 5.39. The zero-order chi connectivity index (χ0) is 21.7. The molecule has 10 heteroatoms. The zero-order valence-corrected chi connectivity index (χ0v) is 19.1. The average Bonchev–Trinajstić information content (AvgIpc) is 3.13. The van der Waals surface area contributed by atoms with Crippen LogP contribution >= 0.6 is 23.7 Å². The molecule has 2 aromatic carbocycles. The van der Waals surface area contributed by atoms with Crippen LogP contribution in [0.2, 0.25) is 0 Å². The number of nitrogens with zero attached hydrogens (tertiary/aromatic N) is 3. The number of halogens is 3. The molecule has 3 rings (SSSR count). The highest BCUT2D eigenvalue weighted by atomic mass is 35.5. The number of rotatable bonds is 9. The van der Waals surface area contributed by atoms with Gasteiger partial charge in [0.2, 0.25) is 0 Å². The van der Waals surface area contributed by atoms with Crippen molar-refractivity contribution < 1.29 is 23.0 Å². The largest absolute Gasteiger partial charge is 0.493 e. The van der Waals surface area contributed by atoms with Gasteiger partial charge in [0.1, 0.15) is 11.3 Å². The van der Waals surface area contributed by atoms with Crippen LogP contribution in [-0.2, 0) is 4.79 Å². The van der Waals surface area contributed by atoms with Crippen LogP contribution in [0.4, 0.5) is 13.9 Å². The first-order valence-electron chi connectivity index (χ1n) is 9.35. The van der Waals surface area contributed by atoms with E-state index in [0.29, 0.717) is 34.3 Å². The number of benzene rings is 2. The maximum Gasteiger partial charge on any atom is 0.266 e. The fourth-order valence-corrected chi connectivity index (χ4v) is 3.94. The Hall–Kier alpha value is -2.49. The Morgan fingerprint density at radius 1 is 1.13 bits per heavy atom. The van der Waals surface area contributed by atoms with Crippen molar-refractivity contribution in [2.45, 2.75) is 6.42 Å². The van der Waals surface area contributed by atoms with Gasteiger partial charge in [0, 0.05) is 12.6 Å². The topological polar surface area (TPSA) is 54.9 Å². The van der Waals surface area contributed by atoms with E-state index >= 15 is 0 Å². The molecule has 31 heavy (non-hydrogen) atoms. The van der Waals surface area contributed by atoms with Crippen molar-refractivity contribution in [3.05, 3.63) is 48.0 Å². The van der Waals surface area contributed by atoms with Crippen molar-refractivity contribution >= 4 is 45.0 Å². The monoisotopic (exact) mass is 471 g/mol. The Bertz CT molecular complexity index is 1030. The molecule has 0 aliphatic heterocycles. The summed E-state index contributed by atoms with van der Waals surface area (Å²) >= 11 is 1.07. The third kappa shape index (κ3) is 6.25. The summed E-state index contributed by atoms with van der Waals surface area (Å²) < 4.78 is 38.9. The zero-order valence-electron chi connectivity index (χ0n) is 17.4. The lowest BCUT2D eigenvalue weighted by Gasteiger charge is -2.21. The molecule has 1 amide bonds. The van der Waals surface area contributed by atoms with Gasteiger partial charge < -0.3 is 14.4 Å². The average molecular weight is 472 g/mol. The fourth-order valence-electron chi connectivity index (χ4n) is 2.89. The maximum atomic E-state index is 14.1. The molecule has 1 heterocycles. The molecule has 6 nitrogen and oxygen atoms in total. The summed E-state index contributed by atoms with van der Waals surface area (Å²) in [5.41, 5.74) is 0.0486. The number of hydrogen-bond donors (Lipinski definition) is 0. The second-order valence-electron chi connectivity index (χ2n) is 6.87. The van der Waals surface area contributed by atoms with Crippen LogP contribution in [0.15, 0.2) is 36.4 Å². The summed E-state index contributed by atoms with van der Waals surface area (Å²) in [4.78, 5) is 20.7. The van der Waals surface area contributed by atoms with Gasteiger partial charge in [0.25, 0.3) is 5.91 Å². The van der Waals surface area contributed by atoms with Crippen LogP contribution in [0.1, 0.15) is 6.42 Å². The van der Waals surface area contributed by atoms with Crippen LogP contribution in [-0.4, -0.2) is 56.7 Å². The molecule has 0 saturated carbocycles. The molecule has 1 aromatic heterocycles. The minimum atomic E-state index is -0.751. The summed E-state index contributed by atoms with van der Waals surface area (Å²) in [5.74, 6) is -0.806. The van der Waals surface area contributed by atoms with Crippen molar-refractivity contribution in [1.29, 1.82) is 0 Å². The first kappa shape index (κ1) is 24.8. The van der Waals surface area contributed by atoms with Crippen LogP contribution in [0.3, 0.4) is 0 Å². The third-order valence-corrected chi connectivity index (χ3v) is 5.37. The van der Waals surface area contributed by atoms with Crippen molar-refractivity contribution in [2.24, 2.45) is 0 Å². The molecule has 0 fully saturated rings. The molecule has 0 saturated heterocycles. The van der Waals surface area contributed by atoms with E-state index in [0.717, 1.165) is 23.9 Å². The number of carbonyl (C=O) groups excluding carboxylic acids is 1. The quantitative estimate of drug-likeness (QED) is 0.464. The van der Waals surface area contributed by atoms with Crippen molar-refractivity contribution in [3.8, 4) is 11.5 Å². The van der Waals surface area contributed by atoms with E-state index in [4.69, 9.17) is 9.47 Å². The van der Waals surface area contributed by atoms with E-state index in [1.807, 2.05) is 19.0 Å². The molecule has 0 atom stereocenters. The Labute approximate surface area is 189 Å². The van der Waals surface area contributed by atoms with Gasteiger partial charge in [-0.05, 0) is 45.3 Å². The van der Waals surface area contributed by atoms with E-state index in [1.54, 1.807) is 24.3 Å². The van der Waals surface area contributed by atoms with Gasteiger partial charge in [0.05, 0.1) is 11.8 Å². The van der Waals surface area contributed by atoms with E-state index in [2.05, 4.69) is 4.98 Å². The van der Waals surface area contributed by atoms with E-state index in [9.17, 15) is 13.6 Å². The lowest BCUT2D eigenvalue weighted by Crippen LogP contribution is -2.36. The highest BCUT2D eigenvalue weighted by Crippen LogP contribution is 2.32. The molecule has 0 aliphatic rings. The molecular formula is C21H24ClF2N3O3S. The second-order valence-corrected chi connectivity index (χ2v) is 7.88. The van der Waals surface area contributed by atoms with Gasteiger partial charge in [0.15, 0.2) is 29.1 Å². The molecule has 168 valence electrons. The number of para-hydroxylation sites is 2. The number of aromatic nitrogens is 1. The number of fused-ring (bicyclic) bond motifs is 1. The highest BCUT2D eigenvalue weighted by molar-refractivity contribution is 7.22. The normalized spacial score (nSPS) is 10.8. The van der Waals surface area contributed by atoms with Crippen LogP contribution < -0.4 is 14.4 Å². The Morgan fingerprint density at radius 2 is 1.84 bits per heavy atom. The Morgan fingerprint density at radius 3 is 2.52 bits per heavy atom. The van der Waals surface area contributed by atoms with Crippen LogP contribution in [0.5, 0.6) is 11.5 Å². The minimum Gasteiger partial charge on any atom is -0.493 e. The maximum absolute atomic E-state index is 14.1. The summed E-state index contributed by atoms with van der Waals surface area (Å²) in [6, 6.07) is 9.03. The lowest BCUT2D eigenvalue weighted by atomic mass is 10.3. The number of carbonyl (C=O) groups is 1. The highest BCUT2D eigenvalue weighted by Gasteiger charge is 2.22. The SMILES string of the molecule is COc1ccccc1OCC(=O)N(CCCN(C)C)c1nc2c(F)cc(F)cc2s1.Cl. The lowest BCUT2D eigenvalue weighted by molar-refractivity contribution is -0.120. The van der Waals surface area contributed by atoms with Gasteiger partial charge >= 0.3 is 0 Å². The van der Waals surface area contributed by atoms with Crippen molar-refractivity contribution in [3.63, 3.8) is 0 Å². The number of hydrogen-bond acceptors (Lipinski definition) is 6. The van der Waals surface area contributed by atoms with Crippen molar-refractivity contribution in [1.82, 2.24) is 9.88 Å². The van der Waals surface area contributed by atoms with Gasteiger partial charge in [-0.1, -0.05) is 23.5 Å². The van der Waals surface area contributed by atoms with E-state index in [1.165, 1.54) is 18.1 Å². The van der Waals surface area contributed by atoms with Gasteiger partial charge in [-0.3, -0.25) is 9.69 Å². The molecule has 3 aromatic rings. The standard InChI is InChI=1S/C21H23F2N3O3S.ClH/c1-25(2)9-6-10-26(19(27)13-29-17-8-5-4-7-16(17)28-3)21-24-20-15(23)11-14(22)12-18(20)30-21;/h4-5,7-8,11-12H,6,9-10,13H2,1-3H3;1H.